The van der Waals surface area contributed by atoms with E-state index in [0.717, 1.165) is 0 Å². The van der Waals surface area contributed by atoms with Gasteiger partial charge in [0.2, 0.25) is 0 Å². The van der Waals surface area contributed by atoms with Crippen molar-refractivity contribution in [3.05, 3.63) is 89.5 Å². The summed E-state index contributed by atoms with van der Waals surface area (Å²) in [5.74, 6) is -0.0291. The summed E-state index contributed by atoms with van der Waals surface area (Å²) in [4.78, 5) is 24.9. The smallest absolute Gasteiger partial charge is 0.255 e. The number of hydrogen-bond donors (Lipinski definition) is 2. The summed E-state index contributed by atoms with van der Waals surface area (Å²) in [5, 5.41) is 14.5. The van der Waals surface area contributed by atoms with E-state index in [1.165, 1.54) is 0 Å². The number of ether oxygens (including phenoxy) is 1. The molecule has 0 saturated heterocycles. The topological polar surface area (TPSA) is 91.2 Å². The molecule has 0 spiro atoms. The molecule has 29 heavy (non-hydrogen) atoms. The van der Waals surface area contributed by atoms with E-state index in [1.54, 1.807) is 60.7 Å². The standard InChI is InChI=1S/C23H19N3O3/c1-2-29-21-9-4-3-8-20(21)26-23(28)18-12-10-17(11-13-18)22(27)25-19-7-5-6-16(14-19)15-24/h3-14H,2H2,1H3,(H,25,27)(H,26,28). The van der Waals surface area contributed by atoms with Crippen LogP contribution in [-0.2, 0) is 0 Å². The minimum absolute atomic E-state index is 0.300. The molecule has 2 amide bonds. The van der Waals surface area contributed by atoms with Crippen molar-refractivity contribution in [1.82, 2.24) is 0 Å². The van der Waals surface area contributed by atoms with Gasteiger partial charge in [0.05, 0.1) is 23.9 Å². The molecule has 0 atom stereocenters. The summed E-state index contributed by atoms with van der Waals surface area (Å²) in [6.07, 6.45) is 0. The van der Waals surface area contributed by atoms with Gasteiger partial charge in [0.1, 0.15) is 5.75 Å². The van der Waals surface area contributed by atoms with Crippen LogP contribution in [0.5, 0.6) is 5.75 Å². The van der Waals surface area contributed by atoms with Gasteiger partial charge >= 0.3 is 0 Å². The highest BCUT2D eigenvalue weighted by Crippen LogP contribution is 2.24. The molecule has 144 valence electrons. The molecule has 3 aromatic rings. The molecule has 0 saturated carbocycles. The number of rotatable bonds is 6. The molecule has 0 radical (unpaired) electrons. The van der Waals surface area contributed by atoms with Crippen LogP contribution >= 0.6 is 0 Å². The minimum Gasteiger partial charge on any atom is -0.492 e. The SMILES string of the molecule is CCOc1ccccc1NC(=O)c1ccc(C(=O)Nc2cccc(C#N)c2)cc1. The molecule has 0 aliphatic carbocycles. The zero-order valence-electron chi connectivity index (χ0n) is 15.8. The van der Waals surface area contributed by atoms with Gasteiger partial charge in [-0.25, -0.2) is 0 Å². The van der Waals surface area contributed by atoms with E-state index in [-0.39, 0.29) is 11.8 Å². The number of anilines is 2. The molecule has 0 aromatic heterocycles. The first kappa shape index (κ1) is 19.6. The van der Waals surface area contributed by atoms with E-state index < -0.39 is 0 Å². The Bertz CT molecular complexity index is 1070. The number of carbonyl (C=O) groups is 2. The van der Waals surface area contributed by atoms with Crippen LogP contribution in [0.1, 0.15) is 33.2 Å². The molecule has 0 aliphatic rings. The van der Waals surface area contributed by atoms with Crippen molar-refractivity contribution in [2.45, 2.75) is 6.92 Å². The lowest BCUT2D eigenvalue weighted by Gasteiger charge is -2.11. The first-order valence-corrected chi connectivity index (χ1v) is 9.05. The Hall–Kier alpha value is -4.11. The number of amides is 2. The van der Waals surface area contributed by atoms with E-state index >= 15 is 0 Å². The van der Waals surface area contributed by atoms with E-state index in [0.29, 0.717) is 40.4 Å². The molecule has 0 aliphatic heterocycles. The Morgan fingerprint density at radius 2 is 1.55 bits per heavy atom. The first-order valence-electron chi connectivity index (χ1n) is 9.05. The maximum absolute atomic E-state index is 12.5. The van der Waals surface area contributed by atoms with E-state index in [9.17, 15) is 9.59 Å². The van der Waals surface area contributed by atoms with Gasteiger partial charge in [0, 0.05) is 16.8 Å². The van der Waals surface area contributed by atoms with E-state index in [2.05, 4.69) is 10.6 Å². The van der Waals surface area contributed by atoms with E-state index in [4.69, 9.17) is 10.00 Å². The highest BCUT2D eigenvalue weighted by atomic mass is 16.5. The molecule has 6 nitrogen and oxygen atoms in total. The van der Waals surface area contributed by atoms with Crippen molar-refractivity contribution in [2.75, 3.05) is 17.2 Å². The molecule has 0 heterocycles. The summed E-state index contributed by atoms with van der Waals surface area (Å²) in [6, 6.07) is 22.2. The lowest BCUT2D eigenvalue weighted by molar-refractivity contribution is 0.101. The Morgan fingerprint density at radius 3 is 2.21 bits per heavy atom. The summed E-state index contributed by atoms with van der Waals surface area (Å²) >= 11 is 0. The third-order valence-corrected chi connectivity index (χ3v) is 4.09. The number of benzene rings is 3. The third-order valence-electron chi connectivity index (χ3n) is 4.09. The number of nitrogens with zero attached hydrogens (tertiary/aromatic N) is 1. The molecular weight excluding hydrogens is 366 g/mol. The minimum atomic E-state index is -0.325. The average Bonchev–Trinajstić information content (AvgIpc) is 2.75. The lowest BCUT2D eigenvalue weighted by Crippen LogP contribution is -2.15. The molecular formula is C23H19N3O3. The van der Waals surface area contributed by atoms with Crippen LogP contribution in [0.2, 0.25) is 0 Å². The monoisotopic (exact) mass is 385 g/mol. The fourth-order valence-corrected chi connectivity index (χ4v) is 2.69. The second-order valence-corrected chi connectivity index (χ2v) is 6.11. The number of carbonyl (C=O) groups excluding carboxylic acids is 2. The highest BCUT2D eigenvalue weighted by molar-refractivity contribution is 6.07. The summed E-state index contributed by atoms with van der Waals surface area (Å²) in [5.41, 5.74) is 2.39. The Balaban J connectivity index is 1.68. The van der Waals surface area contributed by atoms with Crippen LogP contribution in [-0.4, -0.2) is 18.4 Å². The van der Waals surface area contributed by atoms with Gasteiger partial charge in [0.15, 0.2) is 0 Å². The molecule has 6 heteroatoms. The Labute approximate surface area is 168 Å². The van der Waals surface area contributed by atoms with Gasteiger partial charge in [-0.05, 0) is 61.5 Å². The second kappa shape index (κ2) is 9.20. The van der Waals surface area contributed by atoms with Crippen molar-refractivity contribution in [1.29, 1.82) is 5.26 Å². The molecule has 2 N–H and O–H groups in total. The van der Waals surface area contributed by atoms with Crippen molar-refractivity contribution in [2.24, 2.45) is 0 Å². The number of nitriles is 1. The van der Waals surface area contributed by atoms with Crippen molar-refractivity contribution in [3.8, 4) is 11.8 Å². The lowest BCUT2D eigenvalue weighted by atomic mass is 10.1. The fourth-order valence-electron chi connectivity index (χ4n) is 2.69. The largest absolute Gasteiger partial charge is 0.492 e. The molecule has 3 aromatic carbocycles. The maximum Gasteiger partial charge on any atom is 0.255 e. The highest BCUT2D eigenvalue weighted by Gasteiger charge is 2.12. The predicted octanol–water partition coefficient (Wildman–Crippen LogP) is 4.46. The van der Waals surface area contributed by atoms with Crippen LogP contribution in [0.15, 0.2) is 72.8 Å². The number of nitrogens with one attached hydrogen (secondary N) is 2. The number of para-hydroxylation sites is 2. The van der Waals surface area contributed by atoms with Gasteiger partial charge in [-0.3, -0.25) is 9.59 Å². The van der Waals surface area contributed by atoms with Crippen LogP contribution in [0.3, 0.4) is 0 Å². The average molecular weight is 385 g/mol. The van der Waals surface area contributed by atoms with Gasteiger partial charge in [-0.1, -0.05) is 18.2 Å². The van der Waals surface area contributed by atoms with Gasteiger partial charge in [-0.2, -0.15) is 5.26 Å². The normalized spacial score (nSPS) is 9.93. The maximum atomic E-state index is 12.5. The summed E-state index contributed by atoms with van der Waals surface area (Å²) in [7, 11) is 0. The fraction of sp³-hybridized carbons (Fsp3) is 0.0870. The van der Waals surface area contributed by atoms with Gasteiger partial charge < -0.3 is 15.4 Å². The molecule has 3 rings (SSSR count). The number of hydrogen-bond acceptors (Lipinski definition) is 4. The Morgan fingerprint density at radius 1 is 0.897 bits per heavy atom. The van der Waals surface area contributed by atoms with Crippen molar-refractivity contribution in [3.63, 3.8) is 0 Å². The van der Waals surface area contributed by atoms with Crippen LogP contribution < -0.4 is 15.4 Å². The molecule has 0 fully saturated rings. The quantitative estimate of drug-likeness (QED) is 0.655. The third kappa shape index (κ3) is 4.99. The zero-order valence-corrected chi connectivity index (χ0v) is 15.8. The molecule has 0 unspecified atom stereocenters. The van der Waals surface area contributed by atoms with E-state index in [1.807, 2.05) is 25.1 Å². The van der Waals surface area contributed by atoms with Gasteiger partial charge in [0.25, 0.3) is 11.8 Å². The molecule has 0 bridgehead atoms. The van der Waals surface area contributed by atoms with Crippen LogP contribution in [0, 0.1) is 11.3 Å². The van der Waals surface area contributed by atoms with Crippen LogP contribution in [0.4, 0.5) is 11.4 Å². The van der Waals surface area contributed by atoms with Crippen molar-refractivity contribution >= 4 is 23.2 Å². The van der Waals surface area contributed by atoms with Gasteiger partial charge in [-0.15, -0.1) is 0 Å². The van der Waals surface area contributed by atoms with Crippen molar-refractivity contribution < 1.29 is 14.3 Å². The zero-order chi connectivity index (χ0) is 20.6. The predicted molar refractivity (Wildman–Crippen MR) is 111 cm³/mol. The second-order valence-electron chi connectivity index (χ2n) is 6.11. The summed E-state index contributed by atoms with van der Waals surface area (Å²) < 4.78 is 5.51. The summed E-state index contributed by atoms with van der Waals surface area (Å²) in [6.45, 7) is 2.37. The Kier molecular flexibility index (Phi) is 6.23. The van der Waals surface area contributed by atoms with Crippen LogP contribution in [0.25, 0.3) is 0 Å². The first-order chi connectivity index (χ1) is 14.1.